The van der Waals surface area contributed by atoms with E-state index in [4.69, 9.17) is 9.47 Å². The first-order chi connectivity index (χ1) is 15.1. The first kappa shape index (κ1) is 25.5. The fourth-order valence-corrected chi connectivity index (χ4v) is 3.33. The number of carbonyl (C=O) groups is 2. The predicted molar refractivity (Wildman–Crippen MR) is 127 cm³/mol. The standard InChI is InChI=1S/C23H32N4O4S/c1-7-30-20(28)18-15(2)25-21(32-6)27-19(18)26-17-12-8-10-16(14-17)11-9-13-24-22(29)31-23(3,4)5/h8,10,12,14H,7,9,11,13H2,1-6H3,(H,24,29)(H,25,26,27). The van der Waals surface area contributed by atoms with Gasteiger partial charge in [-0.1, -0.05) is 23.9 Å². The summed E-state index contributed by atoms with van der Waals surface area (Å²) in [5, 5.41) is 6.59. The average Bonchev–Trinajstić information content (AvgIpc) is 2.70. The van der Waals surface area contributed by atoms with Crippen molar-refractivity contribution in [2.75, 3.05) is 24.7 Å². The van der Waals surface area contributed by atoms with Gasteiger partial charge in [-0.25, -0.2) is 19.6 Å². The van der Waals surface area contributed by atoms with E-state index in [0.29, 0.717) is 28.8 Å². The zero-order chi connectivity index (χ0) is 23.7. The van der Waals surface area contributed by atoms with E-state index in [9.17, 15) is 9.59 Å². The van der Waals surface area contributed by atoms with Crippen LogP contribution in [0.15, 0.2) is 29.4 Å². The highest BCUT2D eigenvalue weighted by molar-refractivity contribution is 7.98. The van der Waals surface area contributed by atoms with Crippen LogP contribution in [0.4, 0.5) is 16.3 Å². The van der Waals surface area contributed by atoms with Gasteiger partial charge in [0.2, 0.25) is 0 Å². The molecule has 1 heterocycles. The minimum absolute atomic E-state index is 0.273. The highest BCUT2D eigenvalue weighted by atomic mass is 32.2. The van der Waals surface area contributed by atoms with Gasteiger partial charge in [-0.05, 0) is 71.4 Å². The van der Waals surface area contributed by atoms with Crippen molar-refractivity contribution in [2.24, 2.45) is 0 Å². The van der Waals surface area contributed by atoms with Crippen molar-refractivity contribution < 1.29 is 19.1 Å². The molecule has 0 aliphatic rings. The molecule has 0 aliphatic heterocycles. The Morgan fingerprint density at radius 2 is 1.94 bits per heavy atom. The molecule has 0 unspecified atom stereocenters. The monoisotopic (exact) mass is 460 g/mol. The molecule has 0 fully saturated rings. The zero-order valence-corrected chi connectivity index (χ0v) is 20.4. The third-order valence-corrected chi connectivity index (χ3v) is 4.78. The lowest BCUT2D eigenvalue weighted by Crippen LogP contribution is -2.33. The Balaban J connectivity index is 2.07. The van der Waals surface area contributed by atoms with Crippen LogP contribution in [0.5, 0.6) is 0 Å². The van der Waals surface area contributed by atoms with Crippen molar-refractivity contribution >= 4 is 35.3 Å². The van der Waals surface area contributed by atoms with E-state index in [0.717, 1.165) is 24.1 Å². The van der Waals surface area contributed by atoms with Crippen LogP contribution in [0, 0.1) is 6.92 Å². The molecule has 8 nitrogen and oxygen atoms in total. The molecule has 0 saturated heterocycles. The SMILES string of the molecule is CCOC(=O)c1c(C)nc(SC)nc1Nc1cccc(CCCNC(=O)OC(C)(C)C)c1. The van der Waals surface area contributed by atoms with Crippen LogP contribution in [0.3, 0.4) is 0 Å². The molecular weight excluding hydrogens is 428 g/mol. The van der Waals surface area contributed by atoms with Gasteiger partial charge in [-0.2, -0.15) is 0 Å². The van der Waals surface area contributed by atoms with Crippen LogP contribution in [-0.4, -0.2) is 47.0 Å². The van der Waals surface area contributed by atoms with Crippen LogP contribution in [0.1, 0.15) is 55.7 Å². The van der Waals surface area contributed by atoms with E-state index in [-0.39, 0.29) is 6.61 Å². The van der Waals surface area contributed by atoms with E-state index in [2.05, 4.69) is 20.6 Å². The molecule has 0 radical (unpaired) electrons. The van der Waals surface area contributed by atoms with Crippen LogP contribution >= 0.6 is 11.8 Å². The van der Waals surface area contributed by atoms with Gasteiger partial charge in [0.15, 0.2) is 5.16 Å². The van der Waals surface area contributed by atoms with Crippen molar-refractivity contribution in [3.63, 3.8) is 0 Å². The van der Waals surface area contributed by atoms with E-state index in [1.807, 2.05) is 51.3 Å². The number of nitrogens with one attached hydrogen (secondary N) is 2. The van der Waals surface area contributed by atoms with Gasteiger partial charge >= 0.3 is 12.1 Å². The lowest BCUT2D eigenvalue weighted by Gasteiger charge is -2.19. The number of alkyl carbamates (subject to hydrolysis) is 1. The summed E-state index contributed by atoms with van der Waals surface area (Å²) in [5.41, 5.74) is 2.28. The maximum absolute atomic E-state index is 12.5. The Morgan fingerprint density at radius 3 is 2.59 bits per heavy atom. The molecule has 2 rings (SSSR count). The van der Waals surface area contributed by atoms with Gasteiger partial charge in [0, 0.05) is 12.2 Å². The number of anilines is 2. The number of hydrogen-bond donors (Lipinski definition) is 2. The highest BCUT2D eigenvalue weighted by Gasteiger charge is 2.20. The van der Waals surface area contributed by atoms with Gasteiger partial charge in [0.05, 0.1) is 12.3 Å². The van der Waals surface area contributed by atoms with Crippen LogP contribution in [0.2, 0.25) is 0 Å². The molecule has 0 aliphatic carbocycles. The Bertz CT molecular complexity index is 944. The summed E-state index contributed by atoms with van der Waals surface area (Å²) in [6, 6.07) is 7.86. The van der Waals surface area contributed by atoms with E-state index >= 15 is 0 Å². The summed E-state index contributed by atoms with van der Waals surface area (Å²) >= 11 is 1.40. The number of carbonyl (C=O) groups excluding carboxylic acids is 2. The highest BCUT2D eigenvalue weighted by Crippen LogP contribution is 2.25. The van der Waals surface area contributed by atoms with Crippen LogP contribution in [-0.2, 0) is 15.9 Å². The number of aromatic nitrogens is 2. The number of rotatable bonds is 9. The Morgan fingerprint density at radius 1 is 1.19 bits per heavy atom. The molecule has 32 heavy (non-hydrogen) atoms. The van der Waals surface area contributed by atoms with Gasteiger partial charge in [-0.15, -0.1) is 0 Å². The molecular formula is C23H32N4O4S. The molecule has 1 aromatic carbocycles. The fraction of sp³-hybridized carbons (Fsp3) is 0.478. The van der Waals surface area contributed by atoms with Gasteiger partial charge in [-0.3, -0.25) is 0 Å². The second-order valence-corrected chi connectivity index (χ2v) is 8.87. The maximum Gasteiger partial charge on any atom is 0.407 e. The fourth-order valence-electron chi connectivity index (χ4n) is 2.92. The largest absolute Gasteiger partial charge is 0.462 e. The summed E-state index contributed by atoms with van der Waals surface area (Å²) in [7, 11) is 0. The smallest absolute Gasteiger partial charge is 0.407 e. The first-order valence-corrected chi connectivity index (χ1v) is 11.8. The lowest BCUT2D eigenvalue weighted by molar-refractivity contribution is 0.0515. The third-order valence-electron chi connectivity index (χ3n) is 4.23. The number of thioether (sulfide) groups is 1. The second kappa shape index (κ2) is 11.7. The number of aryl methyl sites for hydroxylation is 2. The quantitative estimate of drug-likeness (QED) is 0.236. The van der Waals surface area contributed by atoms with E-state index in [1.165, 1.54) is 11.8 Å². The molecule has 0 atom stereocenters. The van der Waals surface area contributed by atoms with Crippen molar-refractivity contribution in [3.05, 3.63) is 41.1 Å². The molecule has 2 aromatic rings. The summed E-state index contributed by atoms with van der Waals surface area (Å²) in [6.07, 6.45) is 3.01. The van der Waals surface area contributed by atoms with Crippen LogP contribution in [0.25, 0.3) is 0 Å². The third kappa shape index (κ3) is 8.03. The second-order valence-electron chi connectivity index (χ2n) is 8.10. The Kier molecular flexibility index (Phi) is 9.31. The minimum Gasteiger partial charge on any atom is -0.462 e. The van der Waals surface area contributed by atoms with E-state index in [1.54, 1.807) is 13.8 Å². The molecule has 174 valence electrons. The predicted octanol–water partition coefficient (Wildman–Crippen LogP) is 4.88. The van der Waals surface area contributed by atoms with Crippen molar-refractivity contribution in [3.8, 4) is 0 Å². The molecule has 1 amide bonds. The van der Waals surface area contributed by atoms with Crippen molar-refractivity contribution in [2.45, 2.75) is 58.2 Å². The number of ether oxygens (including phenoxy) is 2. The van der Waals surface area contributed by atoms with Gasteiger partial charge < -0.3 is 20.1 Å². The molecule has 0 saturated carbocycles. The normalized spacial score (nSPS) is 11.1. The van der Waals surface area contributed by atoms with Gasteiger partial charge in [0.1, 0.15) is 17.0 Å². The lowest BCUT2D eigenvalue weighted by atomic mass is 10.1. The summed E-state index contributed by atoms with van der Waals surface area (Å²) in [4.78, 5) is 33.1. The summed E-state index contributed by atoms with van der Waals surface area (Å²) < 4.78 is 10.4. The maximum atomic E-state index is 12.5. The number of nitrogens with zero attached hydrogens (tertiary/aromatic N) is 2. The topological polar surface area (TPSA) is 102 Å². The van der Waals surface area contributed by atoms with Crippen molar-refractivity contribution in [1.82, 2.24) is 15.3 Å². The van der Waals surface area contributed by atoms with Crippen LogP contribution < -0.4 is 10.6 Å². The van der Waals surface area contributed by atoms with Crippen molar-refractivity contribution in [1.29, 1.82) is 0 Å². The molecule has 0 spiro atoms. The summed E-state index contributed by atoms with van der Waals surface area (Å²) in [6.45, 7) is 9.82. The molecule has 2 N–H and O–H groups in total. The molecule has 1 aromatic heterocycles. The number of hydrogen-bond acceptors (Lipinski definition) is 8. The minimum atomic E-state index is -0.512. The molecule has 9 heteroatoms. The Labute approximate surface area is 193 Å². The zero-order valence-electron chi connectivity index (χ0n) is 19.6. The van der Waals surface area contributed by atoms with E-state index < -0.39 is 17.7 Å². The number of benzene rings is 1. The summed E-state index contributed by atoms with van der Waals surface area (Å²) in [5.74, 6) is -0.0337. The number of amides is 1. The number of esters is 1. The molecule has 0 bridgehead atoms. The van der Waals surface area contributed by atoms with Gasteiger partial charge in [0.25, 0.3) is 0 Å². The first-order valence-electron chi connectivity index (χ1n) is 10.6. The Hall–Kier alpha value is -2.81. The average molecular weight is 461 g/mol.